The van der Waals surface area contributed by atoms with Crippen molar-refractivity contribution in [1.82, 2.24) is 5.32 Å². The molecule has 1 atom stereocenters. The molecule has 0 radical (unpaired) electrons. The number of amides is 1. The van der Waals surface area contributed by atoms with Crippen molar-refractivity contribution < 1.29 is 18.0 Å². The molecule has 0 aliphatic heterocycles. The van der Waals surface area contributed by atoms with Crippen LogP contribution >= 0.6 is 0 Å². The van der Waals surface area contributed by atoms with Gasteiger partial charge in [0.2, 0.25) is 5.91 Å². The average molecular weight is 456 g/mol. The first-order valence-corrected chi connectivity index (χ1v) is 12.6. The van der Waals surface area contributed by atoms with E-state index in [1.807, 2.05) is 37.3 Å². The minimum Gasteiger partial charge on any atom is -0.343 e. The van der Waals surface area contributed by atoms with Crippen molar-refractivity contribution in [2.45, 2.75) is 63.8 Å². The van der Waals surface area contributed by atoms with E-state index in [2.05, 4.69) is 19.2 Å². The summed E-state index contributed by atoms with van der Waals surface area (Å²) in [4.78, 5) is 25.4. The highest BCUT2D eigenvalue weighted by Gasteiger charge is 2.20. The quantitative estimate of drug-likeness (QED) is 0.467. The number of hydrogen-bond donors (Lipinski definition) is 1. The molecule has 0 unspecified atom stereocenters. The summed E-state index contributed by atoms with van der Waals surface area (Å²) >= 11 is 0. The lowest BCUT2D eigenvalue weighted by molar-refractivity contribution is -0.125. The Morgan fingerprint density at radius 1 is 0.969 bits per heavy atom. The fourth-order valence-corrected chi connectivity index (χ4v) is 4.28. The van der Waals surface area contributed by atoms with Gasteiger partial charge in [-0.15, -0.1) is 0 Å². The standard InChI is InChI=1S/C26H33NO4S/c1-20(2)8-7-11-25(28)24(17-14-22-9-5-4-6-10-22)27-26(29)18-19-32(30,31)23-15-12-21(3)13-16-23/h4-6,9-10,12-13,15-16,18-20,24H,7-8,11,14,17H2,1-3H3,(H,27,29)/b19-18+/t24-/m0/s1. The first-order chi connectivity index (χ1) is 15.2. The molecule has 0 aromatic heterocycles. The molecule has 5 nitrogen and oxygen atoms in total. The first kappa shape index (κ1) is 25.5. The number of Topliss-reactive ketones (excluding diaryl/α,β-unsaturated/α-hetero) is 1. The Morgan fingerprint density at radius 2 is 1.62 bits per heavy atom. The molecule has 2 aromatic rings. The molecule has 172 valence electrons. The predicted octanol–water partition coefficient (Wildman–Crippen LogP) is 4.80. The van der Waals surface area contributed by atoms with Gasteiger partial charge in [0, 0.05) is 17.9 Å². The monoisotopic (exact) mass is 455 g/mol. The Labute approximate surface area is 191 Å². The molecule has 2 rings (SSSR count). The van der Waals surface area contributed by atoms with Crippen LogP contribution in [0.1, 0.15) is 50.7 Å². The van der Waals surface area contributed by atoms with E-state index in [-0.39, 0.29) is 10.7 Å². The summed E-state index contributed by atoms with van der Waals surface area (Å²) in [5, 5.41) is 3.61. The van der Waals surface area contributed by atoms with Gasteiger partial charge < -0.3 is 5.32 Å². The zero-order valence-corrected chi connectivity index (χ0v) is 19.9. The third-order valence-electron chi connectivity index (χ3n) is 5.22. The molecule has 1 amide bonds. The Morgan fingerprint density at radius 3 is 2.25 bits per heavy atom. The maximum absolute atomic E-state index is 12.8. The van der Waals surface area contributed by atoms with Crippen LogP contribution in [0.25, 0.3) is 0 Å². The Hall–Kier alpha value is -2.73. The highest BCUT2D eigenvalue weighted by atomic mass is 32.2. The largest absolute Gasteiger partial charge is 0.343 e. The summed E-state index contributed by atoms with van der Waals surface area (Å²) in [5.41, 5.74) is 2.03. The van der Waals surface area contributed by atoms with Gasteiger partial charge in [-0.2, -0.15) is 0 Å². The van der Waals surface area contributed by atoms with Gasteiger partial charge in [0.05, 0.1) is 10.9 Å². The van der Waals surface area contributed by atoms with Gasteiger partial charge >= 0.3 is 0 Å². The molecule has 0 spiro atoms. The molecule has 1 N–H and O–H groups in total. The van der Waals surface area contributed by atoms with E-state index < -0.39 is 21.8 Å². The van der Waals surface area contributed by atoms with Crippen LogP contribution in [0.5, 0.6) is 0 Å². The molecular formula is C26H33NO4S. The zero-order valence-electron chi connectivity index (χ0n) is 19.1. The summed E-state index contributed by atoms with van der Waals surface area (Å²) in [6.45, 7) is 6.09. The number of carbonyl (C=O) groups excluding carboxylic acids is 2. The SMILES string of the molecule is Cc1ccc(S(=O)(=O)/C=C/C(=O)N[C@@H](CCc2ccccc2)C(=O)CCCC(C)C)cc1. The minimum absolute atomic E-state index is 0.0234. The number of carbonyl (C=O) groups is 2. The Kier molecular flexibility index (Phi) is 9.85. The lowest BCUT2D eigenvalue weighted by Gasteiger charge is -2.17. The lowest BCUT2D eigenvalue weighted by Crippen LogP contribution is -2.40. The molecule has 2 aromatic carbocycles. The summed E-state index contributed by atoms with van der Waals surface area (Å²) in [5.74, 6) is -0.101. The van der Waals surface area contributed by atoms with Gasteiger partial charge in [-0.1, -0.05) is 68.3 Å². The maximum Gasteiger partial charge on any atom is 0.245 e. The van der Waals surface area contributed by atoms with Gasteiger partial charge in [0.25, 0.3) is 0 Å². The lowest BCUT2D eigenvalue weighted by atomic mass is 9.97. The molecule has 0 heterocycles. The van der Waals surface area contributed by atoms with Crippen LogP contribution < -0.4 is 5.32 Å². The summed E-state index contributed by atoms with van der Waals surface area (Å²) in [7, 11) is -3.73. The number of benzene rings is 2. The van der Waals surface area contributed by atoms with Gasteiger partial charge in [-0.3, -0.25) is 9.59 Å². The second-order valence-corrected chi connectivity index (χ2v) is 10.3. The number of ketones is 1. The van der Waals surface area contributed by atoms with E-state index in [4.69, 9.17) is 0 Å². The number of hydrogen-bond acceptors (Lipinski definition) is 4. The van der Waals surface area contributed by atoms with E-state index in [0.29, 0.717) is 25.2 Å². The highest BCUT2D eigenvalue weighted by Crippen LogP contribution is 2.14. The highest BCUT2D eigenvalue weighted by molar-refractivity contribution is 7.94. The number of aryl methyl sites for hydroxylation is 2. The van der Waals surface area contributed by atoms with Crippen LogP contribution in [0.2, 0.25) is 0 Å². The average Bonchev–Trinajstić information content (AvgIpc) is 2.76. The number of nitrogens with one attached hydrogen (secondary N) is 1. The Balaban J connectivity index is 2.05. The van der Waals surface area contributed by atoms with E-state index in [0.717, 1.165) is 35.5 Å². The number of sulfone groups is 1. The summed E-state index contributed by atoms with van der Waals surface area (Å²) in [6, 6.07) is 15.5. The number of rotatable bonds is 12. The first-order valence-electron chi connectivity index (χ1n) is 11.0. The van der Waals surface area contributed by atoms with Crippen LogP contribution in [0.4, 0.5) is 0 Å². The zero-order chi connectivity index (χ0) is 23.6. The second-order valence-electron chi connectivity index (χ2n) is 8.50. The fourth-order valence-electron chi connectivity index (χ4n) is 3.31. The van der Waals surface area contributed by atoms with Crippen LogP contribution in [0.3, 0.4) is 0 Å². The van der Waals surface area contributed by atoms with Crippen LogP contribution in [0, 0.1) is 12.8 Å². The van der Waals surface area contributed by atoms with Crippen molar-refractivity contribution in [2.24, 2.45) is 5.92 Å². The van der Waals surface area contributed by atoms with Gasteiger partial charge in [0.1, 0.15) is 0 Å². The van der Waals surface area contributed by atoms with E-state index in [9.17, 15) is 18.0 Å². The predicted molar refractivity (Wildman–Crippen MR) is 128 cm³/mol. The van der Waals surface area contributed by atoms with Crippen LogP contribution in [0.15, 0.2) is 71.0 Å². The third kappa shape index (κ3) is 8.79. The smallest absolute Gasteiger partial charge is 0.245 e. The topological polar surface area (TPSA) is 80.3 Å². The van der Waals surface area contributed by atoms with Crippen molar-refractivity contribution >= 4 is 21.5 Å². The van der Waals surface area contributed by atoms with Crippen molar-refractivity contribution in [3.8, 4) is 0 Å². The van der Waals surface area contributed by atoms with E-state index in [1.165, 1.54) is 12.1 Å². The fraction of sp³-hybridized carbons (Fsp3) is 0.385. The molecule has 0 bridgehead atoms. The second kappa shape index (κ2) is 12.3. The van der Waals surface area contributed by atoms with Crippen LogP contribution in [-0.4, -0.2) is 26.2 Å². The summed E-state index contributed by atoms with van der Waals surface area (Å²) < 4.78 is 24.9. The van der Waals surface area contributed by atoms with Gasteiger partial charge in [-0.05, 0) is 49.8 Å². The minimum atomic E-state index is -3.73. The molecule has 32 heavy (non-hydrogen) atoms. The van der Waals surface area contributed by atoms with Crippen molar-refractivity contribution in [3.05, 3.63) is 77.2 Å². The van der Waals surface area contributed by atoms with E-state index in [1.54, 1.807) is 12.1 Å². The molecule has 0 aliphatic rings. The normalized spacial score (nSPS) is 12.8. The summed E-state index contributed by atoms with van der Waals surface area (Å²) in [6.07, 6.45) is 4.21. The molecular weight excluding hydrogens is 422 g/mol. The van der Waals surface area contributed by atoms with E-state index >= 15 is 0 Å². The van der Waals surface area contributed by atoms with Gasteiger partial charge in [0.15, 0.2) is 15.6 Å². The molecule has 6 heteroatoms. The molecule has 0 saturated carbocycles. The van der Waals surface area contributed by atoms with Crippen molar-refractivity contribution in [3.63, 3.8) is 0 Å². The van der Waals surface area contributed by atoms with Crippen LogP contribution in [-0.2, 0) is 25.8 Å². The Bertz CT molecular complexity index is 1010. The van der Waals surface area contributed by atoms with Crippen molar-refractivity contribution in [2.75, 3.05) is 0 Å². The molecule has 0 saturated heterocycles. The molecule has 0 aliphatic carbocycles. The van der Waals surface area contributed by atoms with Crippen molar-refractivity contribution in [1.29, 1.82) is 0 Å². The molecule has 0 fully saturated rings. The maximum atomic E-state index is 12.8. The third-order valence-corrected chi connectivity index (χ3v) is 6.65. The van der Waals surface area contributed by atoms with Gasteiger partial charge in [-0.25, -0.2) is 8.42 Å².